The average molecular weight is 303 g/mol. The number of ether oxygens (including phenoxy) is 1. The van der Waals surface area contributed by atoms with Gasteiger partial charge in [0.05, 0.1) is 0 Å². The van der Waals surface area contributed by atoms with E-state index in [-0.39, 0.29) is 18.0 Å². The summed E-state index contributed by atoms with van der Waals surface area (Å²) in [5.41, 5.74) is 1.14. The molecule has 1 fully saturated rings. The SMILES string of the molecule is CC(=O)O[C@H]1CCCC[C@H]1c1c(Cl)ccc2ccccc12. The van der Waals surface area contributed by atoms with Gasteiger partial charge in [-0.05, 0) is 41.7 Å². The molecule has 2 nitrogen and oxygen atoms in total. The van der Waals surface area contributed by atoms with Crippen LogP contribution < -0.4 is 0 Å². The van der Waals surface area contributed by atoms with Gasteiger partial charge in [-0.25, -0.2) is 0 Å². The number of carbonyl (C=O) groups is 1. The zero-order valence-electron chi connectivity index (χ0n) is 12.1. The van der Waals surface area contributed by atoms with Gasteiger partial charge in [-0.2, -0.15) is 0 Å². The molecule has 0 bridgehead atoms. The Labute approximate surface area is 130 Å². The second kappa shape index (κ2) is 6.07. The summed E-state index contributed by atoms with van der Waals surface area (Å²) in [6, 6.07) is 12.3. The first-order valence-corrected chi connectivity index (χ1v) is 7.89. The summed E-state index contributed by atoms with van der Waals surface area (Å²) in [5.74, 6) is -0.00971. The van der Waals surface area contributed by atoms with Crippen LogP contribution in [0.3, 0.4) is 0 Å². The van der Waals surface area contributed by atoms with E-state index in [4.69, 9.17) is 16.3 Å². The highest BCUT2D eigenvalue weighted by Gasteiger charge is 2.31. The molecule has 0 unspecified atom stereocenters. The fourth-order valence-electron chi connectivity index (χ4n) is 3.43. The first-order valence-electron chi connectivity index (χ1n) is 7.51. The van der Waals surface area contributed by atoms with Gasteiger partial charge in [0.2, 0.25) is 0 Å². The monoisotopic (exact) mass is 302 g/mol. The van der Waals surface area contributed by atoms with Crippen molar-refractivity contribution in [1.29, 1.82) is 0 Å². The van der Waals surface area contributed by atoms with Gasteiger partial charge >= 0.3 is 5.97 Å². The van der Waals surface area contributed by atoms with Crippen molar-refractivity contribution < 1.29 is 9.53 Å². The van der Waals surface area contributed by atoms with Crippen LogP contribution in [0.4, 0.5) is 0 Å². The molecule has 2 atom stereocenters. The van der Waals surface area contributed by atoms with Crippen molar-refractivity contribution in [2.45, 2.75) is 44.6 Å². The lowest BCUT2D eigenvalue weighted by Gasteiger charge is -2.32. The van der Waals surface area contributed by atoms with Crippen molar-refractivity contribution >= 4 is 28.3 Å². The summed E-state index contributed by atoms with van der Waals surface area (Å²) in [6.07, 6.45) is 4.15. The molecule has 21 heavy (non-hydrogen) atoms. The number of carbonyl (C=O) groups excluding carboxylic acids is 1. The quantitative estimate of drug-likeness (QED) is 0.723. The lowest BCUT2D eigenvalue weighted by molar-refractivity contribution is -0.148. The van der Waals surface area contributed by atoms with Crippen molar-refractivity contribution in [3.05, 3.63) is 47.0 Å². The van der Waals surface area contributed by atoms with E-state index in [9.17, 15) is 4.79 Å². The Kier molecular flexibility index (Phi) is 4.16. The first kappa shape index (κ1) is 14.4. The normalized spacial score (nSPS) is 22.2. The Bertz CT molecular complexity index is 665. The molecular formula is C18H19ClO2. The molecule has 3 rings (SSSR count). The van der Waals surface area contributed by atoms with Crippen LogP contribution in [0, 0.1) is 0 Å². The molecule has 2 aromatic carbocycles. The second-order valence-electron chi connectivity index (χ2n) is 5.72. The molecule has 0 saturated heterocycles. The Morgan fingerprint density at radius 3 is 2.71 bits per heavy atom. The van der Waals surface area contributed by atoms with E-state index >= 15 is 0 Å². The fourth-order valence-corrected chi connectivity index (χ4v) is 3.73. The van der Waals surface area contributed by atoms with Gasteiger partial charge in [0, 0.05) is 17.9 Å². The van der Waals surface area contributed by atoms with E-state index < -0.39 is 0 Å². The van der Waals surface area contributed by atoms with Gasteiger partial charge in [-0.15, -0.1) is 0 Å². The lowest BCUT2D eigenvalue weighted by atomic mass is 9.79. The third kappa shape index (κ3) is 2.91. The number of hydrogen-bond donors (Lipinski definition) is 0. The number of benzene rings is 2. The fraction of sp³-hybridized carbons (Fsp3) is 0.389. The smallest absolute Gasteiger partial charge is 0.302 e. The molecule has 110 valence electrons. The number of halogens is 1. The van der Waals surface area contributed by atoms with Crippen molar-refractivity contribution in [3.63, 3.8) is 0 Å². The van der Waals surface area contributed by atoms with E-state index in [1.54, 1.807) is 0 Å². The maximum atomic E-state index is 11.4. The molecule has 3 heteroatoms. The number of hydrogen-bond acceptors (Lipinski definition) is 2. The van der Waals surface area contributed by atoms with Crippen LogP contribution in [0.15, 0.2) is 36.4 Å². The number of esters is 1. The van der Waals surface area contributed by atoms with Crippen LogP contribution in [0.5, 0.6) is 0 Å². The molecule has 1 aliphatic rings. The van der Waals surface area contributed by atoms with Gasteiger partial charge in [0.1, 0.15) is 6.10 Å². The van der Waals surface area contributed by atoms with Gasteiger partial charge in [-0.1, -0.05) is 48.4 Å². The summed E-state index contributed by atoms with van der Waals surface area (Å²) in [4.78, 5) is 11.4. The highest BCUT2D eigenvalue weighted by molar-refractivity contribution is 6.32. The maximum Gasteiger partial charge on any atom is 0.302 e. The summed E-state index contributed by atoms with van der Waals surface area (Å²) in [5, 5.41) is 3.14. The minimum atomic E-state index is -0.205. The predicted octanol–water partition coefficient (Wildman–Crippen LogP) is 5.08. The molecule has 2 aromatic rings. The van der Waals surface area contributed by atoms with Crippen molar-refractivity contribution in [1.82, 2.24) is 0 Å². The summed E-state index contributed by atoms with van der Waals surface area (Å²) >= 11 is 6.50. The van der Waals surface area contributed by atoms with Crippen LogP contribution in [0.2, 0.25) is 5.02 Å². The minimum Gasteiger partial charge on any atom is -0.462 e. The number of fused-ring (bicyclic) bond motifs is 1. The van der Waals surface area contributed by atoms with Crippen molar-refractivity contribution in [3.8, 4) is 0 Å². The number of rotatable bonds is 2. The van der Waals surface area contributed by atoms with Crippen molar-refractivity contribution in [2.24, 2.45) is 0 Å². The average Bonchev–Trinajstić information content (AvgIpc) is 2.48. The van der Waals surface area contributed by atoms with Gasteiger partial charge in [-0.3, -0.25) is 4.79 Å². The van der Waals surface area contributed by atoms with Gasteiger partial charge < -0.3 is 4.74 Å². The molecule has 1 saturated carbocycles. The third-order valence-electron chi connectivity index (χ3n) is 4.31. The maximum absolute atomic E-state index is 11.4. The van der Waals surface area contributed by atoms with E-state index in [2.05, 4.69) is 12.1 Å². The van der Waals surface area contributed by atoms with Crippen LogP contribution in [0.25, 0.3) is 10.8 Å². The predicted molar refractivity (Wildman–Crippen MR) is 85.7 cm³/mol. The van der Waals surface area contributed by atoms with Gasteiger partial charge in [0.15, 0.2) is 0 Å². The second-order valence-corrected chi connectivity index (χ2v) is 6.13. The lowest BCUT2D eigenvalue weighted by Crippen LogP contribution is -2.28. The van der Waals surface area contributed by atoms with Crippen molar-refractivity contribution in [2.75, 3.05) is 0 Å². The zero-order chi connectivity index (χ0) is 14.8. The van der Waals surface area contributed by atoms with E-state index in [1.807, 2.05) is 24.3 Å². The van der Waals surface area contributed by atoms with Gasteiger partial charge in [0.25, 0.3) is 0 Å². The molecule has 0 aromatic heterocycles. The largest absolute Gasteiger partial charge is 0.462 e. The molecule has 1 aliphatic carbocycles. The topological polar surface area (TPSA) is 26.3 Å². The third-order valence-corrected chi connectivity index (χ3v) is 4.64. The minimum absolute atomic E-state index is 0.0560. The molecule has 0 heterocycles. The molecular weight excluding hydrogens is 284 g/mol. The van der Waals surface area contributed by atoms with E-state index in [0.717, 1.165) is 36.3 Å². The summed E-state index contributed by atoms with van der Waals surface area (Å²) < 4.78 is 5.56. The standard InChI is InChI=1S/C18H19ClO2/c1-12(20)21-17-9-5-4-8-15(17)18-14-7-3-2-6-13(14)10-11-16(18)19/h2-3,6-7,10-11,15,17H,4-5,8-9H2,1H3/t15-,17+/m1/s1. The van der Waals surface area contributed by atoms with Crippen LogP contribution in [0.1, 0.15) is 44.1 Å². The first-order chi connectivity index (χ1) is 10.2. The zero-order valence-corrected chi connectivity index (χ0v) is 12.9. The Balaban J connectivity index is 2.08. The molecule has 0 radical (unpaired) electrons. The molecule has 0 N–H and O–H groups in total. The van der Waals surface area contributed by atoms with E-state index in [0.29, 0.717) is 0 Å². The summed E-state index contributed by atoms with van der Waals surface area (Å²) in [7, 11) is 0. The highest BCUT2D eigenvalue weighted by atomic mass is 35.5. The van der Waals surface area contributed by atoms with Crippen LogP contribution >= 0.6 is 11.6 Å². The van der Waals surface area contributed by atoms with Crippen LogP contribution in [-0.2, 0) is 9.53 Å². The Morgan fingerprint density at radius 2 is 1.90 bits per heavy atom. The highest BCUT2D eigenvalue weighted by Crippen LogP contribution is 2.41. The Morgan fingerprint density at radius 1 is 1.14 bits per heavy atom. The Hall–Kier alpha value is -1.54. The molecule has 0 aliphatic heterocycles. The molecule has 0 spiro atoms. The summed E-state index contributed by atoms with van der Waals surface area (Å²) in [6.45, 7) is 1.48. The van der Waals surface area contributed by atoms with Crippen LogP contribution in [-0.4, -0.2) is 12.1 Å². The van der Waals surface area contributed by atoms with E-state index in [1.165, 1.54) is 17.7 Å². The molecule has 0 amide bonds.